The lowest BCUT2D eigenvalue weighted by molar-refractivity contribution is -0.186. The second-order valence-corrected chi connectivity index (χ2v) is 10.5. The number of amides is 1. The maximum atomic E-state index is 14.3. The van der Waals surface area contributed by atoms with E-state index in [1.807, 2.05) is 0 Å². The lowest BCUT2D eigenvalue weighted by Crippen LogP contribution is -2.43. The quantitative estimate of drug-likeness (QED) is 0.589. The molecule has 3 heterocycles. The van der Waals surface area contributed by atoms with E-state index in [0.717, 1.165) is 22.9 Å². The monoisotopic (exact) mass is 516 g/mol. The van der Waals surface area contributed by atoms with Gasteiger partial charge in [0.15, 0.2) is 11.6 Å². The molecule has 1 aromatic heterocycles. The van der Waals surface area contributed by atoms with E-state index in [4.69, 9.17) is 0 Å². The molecule has 2 aliphatic heterocycles. The minimum atomic E-state index is -4.93. The molecule has 1 fully saturated rings. The number of hydrogen-bond acceptors (Lipinski definition) is 7. The molecule has 4 rings (SSSR count). The number of nitrogens with zero attached hydrogens (tertiary/aromatic N) is 4. The minimum absolute atomic E-state index is 0.0165. The Morgan fingerprint density at radius 2 is 1.86 bits per heavy atom. The molecule has 35 heavy (non-hydrogen) atoms. The van der Waals surface area contributed by atoms with Crippen LogP contribution in [0.5, 0.6) is 0 Å². The second kappa shape index (κ2) is 9.57. The number of nitrogens with one attached hydrogen (secondary N) is 2. The smallest absolute Gasteiger partial charge is 0.365 e. The number of benzene rings is 1. The van der Waals surface area contributed by atoms with Gasteiger partial charge < -0.3 is 15.5 Å². The summed E-state index contributed by atoms with van der Waals surface area (Å²) in [6.45, 7) is 0.443. The van der Waals surface area contributed by atoms with Crippen LogP contribution in [0.3, 0.4) is 0 Å². The van der Waals surface area contributed by atoms with Crippen molar-refractivity contribution >= 4 is 33.4 Å². The third kappa shape index (κ3) is 5.99. The van der Waals surface area contributed by atoms with Gasteiger partial charge in [-0.1, -0.05) is 6.07 Å². The highest BCUT2D eigenvalue weighted by Crippen LogP contribution is 2.28. The molecule has 190 valence electrons. The van der Waals surface area contributed by atoms with Crippen LogP contribution >= 0.6 is 0 Å². The van der Waals surface area contributed by atoms with Gasteiger partial charge in [-0.25, -0.2) is 22.1 Å². The summed E-state index contributed by atoms with van der Waals surface area (Å²) in [5.74, 6) is -2.52. The van der Waals surface area contributed by atoms with Crippen molar-refractivity contribution in [2.75, 3.05) is 36.5 Å². The Hall–Kier alpha value is -3.00. The molecular formula is C21H24F4N6O3S. The molecule has 1 amide bonds. The Kier molecular flexibility index (Phi) is 6.86. The van der Waals surface area contributed by atoms with E-state index in [9.17, 15) is 30.8 Å². The van der Waals surface area contributed by atoms with Gasteiger partial charge in [0.2, 0.25) is 16.0 Å². The molecule has 0 radical (unpaired) electrons. The molecule has 0 bridgehead atoms. The SMILES string of the molecule is CS(=O)(=O)N1CCC(Nc2nc(Nc3ccc4c(c3)CN(C(=O)C(F)(F)F)CC4)ncc2F)CC1. The van der Waals surface area contributed by atoms with Crippen molar-refractivity contribution in [3.8, 4) is 0 Å². The summed E-state index contributed by atoms with van der Waals surface area (Å²) in [6, 6.07) is 4.91. The van der Waals surface area contributed by atoms with Crippen LogP contribution in [0.15, 0.2) is 24.4 Å². The molecule has 2 aliphatic rings. The highest BCUT2D eigenvalue weighted by atomic mass is 32.2. The average Bonchev–Trinajstić information content (AvgIpc) is 2.79. The van der Waals surface area contributed by atoms with Gasteiger partial charge in [-0.3, -0.25) is 4.79 Å². The van der Waals surface area contributed by atoms with Crippen molar-refractivity contribution in [3.05, 3.63) is 41.3 Å². The lowest BCUT2D eigenvalue weighted by Gasteiger charge is -2.31. The molecule has 1 saturated heterocycles. The molecule has 1 aromatic carbocycles. The summed E-state index contributed by atoms with van der Waals surface area (Å²) >= 11 is 0. The van der Waals surface area contributed by atoms with E-state index >= 15 is 0 Å². The van der Waals surface area contributed by atoms with Crippen molar-refractivity contribution in [3.63, 3.8) is 0 Å². The molecule has 2 aromatic rings. The fraction of sp³-hybridized carbons (Fsp3) is 0.476. The summed E-state index contributed by atoms with van der Waals surface area (Å²) in [6.07, 6.45) is -1.52. The zero-order chi connectivity index (χ0) is 25.4. The number of carbonyl (C=O) groups excluding carboxylic acids is 1. The van der Waals surface area contributed by atoms with Gasteiger partial charge in [0.1, 0.15) is 0 Å². The van der Waals surface area contributed by atoms with Crippen LogP contribution in [-0.4, -0.2) is 71.6 Å². The number of halogens is 4. The fourth-order valence-electron chi connectivity index (χ4n) is 4.17. The molecule has 0 saturated carbocycles. The number of sulfonamides is 1. The molecule has 2 N–H and O–H groups in total. The summed E-state index contributed by atoms with van der Waals surface area (Å²) in [5.41, 5.74) is 1.88. The molecule has 9 nitrogen and oxygen atoms in total. The number of rotatable bonds is 5. The van der Waals surface area contributed by atoms with Crippen LogP contribution in [0.4, 0.5) is 35.0 Å². The summed E-state index contributed by atoms with van der Waals surface area (Å²) < 4.78 is 77.4. The number of hydrogen-bond donors (Lipinski definition) is 2. The first-order chi connectivity index (χ1) is 16.4. The maximum absolute atomic E-state index is 14.3. The van der Waals surface area contributed by atoms with Gasteiger partial charge in [-0.2, -0.15) is 18.2 Å². The third-order valence-electron chi connectivity index (χ3n) is 6.01. The summed E-state index contributed by atoms with van der Waals surface area (Å²) in [4.78, 5) is 20.4. The number of piperidine rings is 1. The molecule has 0 atom stereocenters. The third-order valence-corrected chi connectivity index (χ3v) is 7.32. The minimum Gasteiger partial charge on any atom is -0.365 e. The van der Waals surface area contributed by atoms with E-state index in [0.29, 0.717) is 43.6 Å². The van der Waals surface area contributed by atoms with Crippen molar-refractivity contribution in [2.24, 2.45) is 0 Å². The van der Waals surface area contributed by atoms with E-state index in [1.165, 1.54) is 4.31 Å². The number of aromatic nitrogens is 2. The Balaban J connectivity index is 1.43. The van der Waals surface area contributed by atoms with Gasteiger partial charge in [-0.15, -0.1) is 0 Å². The zero-order valence-corrected chi connectivity index (χ0v) is 19.6. The van der Waals surface area contributed by atoms with Crippen LogP contribution in [-0.2, 0) is 27.8 Å². The van der Waals surface area contributed by atoms with E-state index in [1.54, 1.807) is 18.2 Å². The Labute approximate surface area is 199 Å². The molecule has 14 heteroatoms. The van der Waals surface area contributed by atoms with Gasteiger partial charge >= 0.3 is 12.1 Å². The van der Waals surface area contributed by atoms with Crippen LogP contribution in [0.1, 0.15) is 24.0 Å². The van der Waals surface area contributed by atoms with Crippen LogP contribution in [0.25, 0.3) is 0 Å². The van der Waals surface area contributed by atoms with Crippen LogP contribution in [0, 0.1) is 5.82 Å². The highest BCUT2D eigenvalue weighted by Gasteiger charge is 2.43. The Bertz CT molecular complexity index is 1220. The topological polar surface area (TPSA) is 108 Å². The van der Waals surface area contributed by atoms with E-state index in [-0.39, 0.29) is 30.9 Å². The predicted octanol–water partition coefficient (Wildman–Crippen LogP) is 2.64. The number of carbonyl (C=O) groups is 1. The Morgan fingerprint density at radius 1 is 1.14 bits per heavy atom. The van der Waals surface area contributed by atoms with Crippen molar-refractivity contribution in [2.45, 2.75) is 38.0 Å². The standard InChI is InChI=1S/C21H24F4N6O3S/c1-35(33,34)31-8-5-15(6-9-31)27-18-17(22)11-26-20(29-18)28-16-3-2-13-4-7-30(12-14(13)10-16)19(32)21(23,24)25/h2-3,10-11,15H,4-9,12H2,1H3,(H2,26,27,28,29). The molecular weight excluding hydrogens is 492 g/mol. The largest absolute Gasteiger partial charge is 0.471 e. The second-order valence-electron chi connectivity index (χ2n) is 8.55. The van der Waals surface area contributed by atoms with E-state index in [2.05, 4.69) is 20.6 Å². The van der Waals surface area contributed by atoms with Gasteiger partial charge in [-0.05, 0) is 42.5 Å². The van der Waals surface area contributed by atoms with Crippen LogP contribution < -0.4 is 10.6 Å². The number of alkyl halides is 3. The summed E-state index contributed by atoms with van der Waals surface area (Å²) in [5, 5.41) is 5.91. The van der Waals surface area contributed by atoms with Gasteiger partial charge in [0, 0.05) is 37.9 Å². The summed E-state index contributed by atoms with van der Waals surface area (Å²) in [7, 11) is -3.28. The fourth-order valence-corrected chi connectivity index (χ4v) is 5.04. The van der Waals surface area contributed by atoms with Crippen molar-refractivity contribution in [1.29, 1.82) is 0 Å². The van der Waals surface area contributed by atoms with Crippen molar-refractivity contribution < 1.29 is 30.8 Å². The molecule has 0 aliphatic carbocycles. The van der Waals surface area contributed by atoms with Crippen molar-refractivity contribution in [1.82, 2.24) is 19.2 Å². The van der Waals surface area contributed by atoms with Gasteiger partial charge in [0.25, 0.3) is 0 Å². The number of fused-ring (bicyclic) bond motifs is 1. The highest BCUT2D eigenvalue weighted by molar-refractivity contribution is 7.88. The zero-order valence-electron chi connectivity index (χ0n) is 18.8. The first kappa shape index (κ1) is 25.1. The normalized spacial score (nSPS) is 17.7. The Morgan fingerprint density at radius 3 is 2.51 bits per heavy atom. The van der Waals surface area contributed by atoms with E-state index < -0.39 is 27.9 Å². The first-order valence-electron chi connectivity index (χ1n) is 10.9. The lowest BCUT2D eigenvalue weighted by atomic mass is 9.99. The average molecular weight is 517 g/mol. The molecule has 0 spiro atoms. The maximum Gasteiger partial charge on any atom is 0.471 e. The number of anilines is 3. The predicted molar refractivity (Wildman–Crippen MR) is 120 cm³/mol. The molecule has 0 unspecified atom stereocenters. The van der Waals surface area contributed by atoms with Gasteiger partial charge in [0.05, 0.1) is 12.5 Å². The first-order valence-corrected chi connectivity index (χ1v) is 12.7. The van der Waals surface area contributed by atoms with Crippen LogP contribution in [0.2, 0.25) is 0 Å².